The number of nitrogens with zero attached hydrogens (tertiary/aromatic N) is 1. The van der Waals surface area contributed by atoms with E-state index in [2.05, 4.69) is 28.9 Å². The van der Waals surface area contributed by atoms with Crippen LogP contribution in [0.15, 0.2) is 30.3 Å². The molecule has 1 unspecified atom stereocenters. The Labute approximate surface area is 164 Å². The molecule has 2 heterocycles. The molecule has 142 valence electrons. The molecule has 4 rings (SSSR count). The van der Waals surface area contributed by atoms with Crippen molar-refractivity contribution in [3.05, 3.63) is 58.4 Å². The predicted octanol–water partition coefficient (Wildman–Crippen LogP) is 3.53. The van der Waals surface area contributed by atoms with Gasteiger partial charge >= 0.3 is 0 Å². The number of amides is 1. The van der Waals surface area contributed by atoms with E-state index < -0.39 is 0 Å². The van der Waals surface area contributed by atoms with Crippen LogP contribution < -0.4 is 5.32 Å². The van der Waals surface area contributed by atoms with Crippen molar-refractivity contribution in [1.29, 1.82) is 0 Å². The second kappa shape index (κ2) is 7.93. The molecule has 4 nitrogen and oxygen atoms in total. The van der Waals surface area contributed by atoms with E-state index in [1.807, 2.05) is 30.0 Å². The summed E-state index contributed by atoms with van der Waals surface area (Å²) < 4.78 is 2.26. The van der Waals surface area contributed by atoms with E-state index in [1.165, 1.54) is 5.56 Å². The van der Waals surface area contributed by atoms with Gasteiger partial charge in [-0.25, -0.2) is 0 Å². The number of fused-ring (bicyclic) bond motifs is 1. The fourth-order valence-corrected chi connectivity index (χ4v) is 5.42. The van der Waals surface area contributed by atoms with Gasteiger partial charge in [-0.3, -0.25) is 9.59 Å². The Kier molecular flexibility index (Phi) is 5.39. The van der Waals surface area contributed by atoms with E-state index in [0.29, 0.717) is 12.8 Å². The van der Waals surface area contributed by atoms with Gasteiger partial charge in [0.15, 0.2) is 5.78 Å². The Hall–Kier alpha value is -2.01. The number of hydrogen-bond donors (Lipinski definition) is 1. The molecule has 0 bridgehead atoms. The molecule has 0 saturated carbocycles. The van der Waals surface area contributed by atoms with E-state index in [4.69, 9.17) is 0 Å². The Morgan fingerprint density at radius 3 is 2.81 bits per heavy atom. The van der Waals surface area contributed by atoms with Crippen molar-refractivity contribution in [3.63, 3.8) is 0 Å². The van der Waals surface area contributed by atoms with Gasteiger partial charge in [0.25, 0.3) is 0 Å². The first-order valence-electron chi connectivity index (χ1n) is 9.78. The quantitative estimate of drug-likeness (QED) is 0.861. The highest BCUT2D eigenvalue weighted by Gasteiger charge is 2.29. The highest BCUT2D eigenvalue weighted by molar-refractivity contribution is 7.99. The molecule has 0 spiro atoms. The molecule has 1 amide bonds. The molecule has 27 heavy (non-hydrogen) atoms. The summed E-state index contributed by atoms with van der Waals surface area (Å²) in [6, 6.07) is 10.6. The summed E-state index contributed by atoms with van der Waals surface area (Å²) >= 11 is 1.89. The van der Waals surface area contributed by atoms with Crippen LogP contribution in [0.25, 0.3) is 0 Å². The summed E-state index contributed by atoms with van der Waals surface area (Å²) in [4.78, 5) is 25.3. The first kappa shape index (κ1) is 18.4. The van der Waals surface area contributed by atoms with Crippen LogP contribution >= 0.6 is 11.8 Å². The van der Waals surface area contributed by atoms with Crippen molar-refractivity contribution in [1.82, 2.24) is 9.88 Å². The van der Waals surface area contributed by atoms with Crippen molar-refractivity contribution < 1.29 is 9.59 Å². The Morgan fingerprint density at radius 2 is 2.07 bits per heavy atom. The van der Waals surface area contributed by atoms with Gasteiger partial charge < -0.3 is 9.88 Å². The molecule has 2 aliphatic rings. The van der Waals surface area contributed by atoms with Crippen molar-refractivity contribution in [3.8, 4) is 0 Å². The minimum absolute atomic E-state index is 0.0450. The van der Waals surface area contributed by atoms with Crippen molar-refractivity contribution in [2.75, 3.05) is 11.5 Å². The summed E-state index contributed by atoms with van der Waals surface area (Å²) in [5.41, 5.74) is 5.16. The number of thioether (sulfide) groups is 1. The maximum Gasteiger partial charge on any atom is 0.224 e. The van der Waals surface area contributed by atoms with Gasteiger partial charge in [-0.15, -0.1) is 0 Å². The molecule has 2 aromatic rings. The van der Waals surface area contributed by atoms with Gasteiger partial charge in [0.05, 0.1) is 6.42 Å². The van der Waals surface area contributed by atoms with Crippen molar-refractivity contribution >= 4 is 23.5 Å². The maximum atomic E-state index is 12.7. The molecule has 5 heteroatoms. The molecular weight excluding hydrogens is 356 g/mol. The average molecular weight is 383 g/mol. The molecule has 0 radical (unpaired) electrons. The van der Waals surface area contributed by atoms with E-state index in [9.17, 15) is 9.59 Å². The zero-order valence-corrected chi connectivity index (χ0v) is 16.6. The molecule has 1 N–H and O–H groups in total. The third kappa shape index (κ3) is 3.84. The lowest BCUT2D eigenvalue weighted by Crippen LogP contribution is -2.36. The van der Waals surface area contributed by atoms with Crippen LogP contribution in [0.2, 0.25) is 0 Å². The summed E-state index contributed by atoms with van der Waals surface area (Å²) in [5.74, 6) is 2.36. The number of hydrogen-bond acceptors (Lipinski definition) is 3. The molecule has 1 aliphatic carbocycles. The van der Waals surface area contributed by atoms with Crippen LogP contribution in [-0.2, 0) is 24.2 Å². The lowest BCUT2D eigenvalue weighted by atomic mass is 9.92. The van der Waals surface area contributed by atoms with Crippen LogP contribution in [0, 0.1) is 6.92 Å². The number of benzene rings is 1. The van der Waals surface area contributed by atoms with Gasteiger partial charge in [-0.05, 0) is 43.1 Å². The van der Waals surface area contributed by atoms with Crippen LogP contribution in [0.4, 0.5) is 0 Å². The number of Topliss-reactive ketones (excluding diaryl/α,β-unsaturated/α-hetero) is 1. The van der Waals surface area contributed by atoms with E-state index in [1.54, 1.807) is 0 Å². The zero-order chi connectivity index (χ0) is 18.8. The monoisotopic (exact) mass is 382 g/mol. The lowest BCUT2D eigenvalue weighted by Gasteiger charge is -2.16. The van der Waals surface area contributed by atoms with Crippen LogP contribution in [0.1, 0.15) is 52.1 Å². The number of nitrogens with one attached hydrogen (secondary N) is 1. The second-order valence-electron chi connectivity index (χ2n) is 7.54. The summed E-state index contributed by atoms with van der Waals surface area (Å²) in [6.45, 7) is 2.81. The minimum Gasteiger partial charge on any atom is -0.352 e. The third-order valence-electron chi connectivity index (χ3n) is 5.67. The molecular formula is C22H26N2O2S. The number of rotatable bonds is 5. The second-order valence-corrected chi connectivity index (χ2v) is 8.69. The highest BCUT2D eigenvalue weighted by atomic mass is 32.2. The predicted molar refractivity (Wildman–Crippen MR) is 110 cm³/mol. The Morgan fingerprint density at radius 1 is 1.26 bits per heavy atom. The van der Waals surface area contributed by atoms with E-state index in [-0.39, 0.29) is 17.7 Å². The number of carbonyl (C=O) groups is 2. The minimum atomic E-state index is 0.0450. The van der Waals surface area contributed by atoms with Crippen molar-refractivity contribution in [2.45, 2.75) is 51.6 Å². The van der Waals surface area contributed by atoms with Crippen LogP contribution in [0.3, 0.4) is 0 Å². The Balaban J connectivity index is 1.64. The molecule has 1 atom stereocenters. The van der Waals surface area contributed by atoms with Crippen LogP contribution in [-0.4, -0.2) is 33.8 Å². The lowest BCUT2D eigenvalue weighted by molar-refractivity contribution is -0.121. The average Bonchev–Trinajstić information content (AvgIpc) is 3.26. The SMILES string of the molecule is Cc1c(CC(=O)NC2CCSC2)c2c(n1Cc1ccccc1)CCCC2=O. The molecule has 1 fully saturated rings. The smallest absolute Gasteiger partial charge is 0.224 e. The van der Waals surface area contributed by atoms with Gasteiger partial charge in [0, 0.05) is 41.7 Å². The highest BCUT2D eigenvalue weighted by Crippen LogP contribution is 2.31. The first-order chi connectivity index (χ1) is 13.1. The number of aromatic nitrogens is 1. The number of ketones is 1. The number of carbonyl (C=O) groups excluding carboxylic acids is 2. The molecule has 1 aromatic carbocycles. The van der Waals surface area contributed by atoms with Gasteiger partial charge in [0.2, 0.25) is 5.91 Å². The van der Waals surface area contributed by atoms with E-state index in [0.717, 1.165) is 59.8 Å². The van der Waals surface area contributed by atoms with Gasteiger partial charge in [-0.1, -0.05) is 30.3 Å². The fraction of sp³-hybridized carbons (Fsp3) is 0.455. The normalized spacial score (nSPS) is 19.1. The Bertz CT molecular complexity index is 851. The summed E-state index contributed by atoms with van der Waals surface area (Å²) in [5, 5.41) is 3.15. The van der Waals surface area contributed by atoms with Crippen LogP contribution in [0.5, 0.6) is 0 Å². The summed E-state index contributed by atoms with van der Waals surface area (Å²) in [7, 11) is 0. The van der Waals surface area contributed by atoms with Gasteiger partial charge in [-0.2, -0.15) is 11.8 Å². The van der Waals surface area contributed by atoms with E-state index >= 15 is 0 Å². The molecule has 1 saturated heterocycles. The largest absolute Gasteiger partial charge is 0.352 e. The third-order valence-corrected chi connectivity index (χ3v) is 6.83. The van der Waals surface area contributed by atoms with Crippen molar-refractivity contribution in [2.24, 2.45) is 0 Å². The van der Waals surface area contributed by atoms with Gasteiger partial charge in [0.1, 0.15) is 0 Å². The zero-order valence-electron chi connectivity index (χ0n) is 15.8. The summed E-state index contributed by atoms with van der Waals surface area (Å²) in [6.07, 6.45) is 3.75. The maximum absolute atomic E-state index is 12.7. The molecule has 1 aromatic heterocycles. The molecule has 1 aliphatic heterocycles. The topological polar surface area (TPSA) is 51.1 Å². The standard InChI is InChI=1S/C22H26N2O2S/c1-15-18(12-21(26)23-17-10-11-27-14-17)22-19(8-5-9-20(22)25)24(15)13-16-6-3-2-4-7-16/h2-4,6-7,17H,5,8-14H2,1H3,(H,23,26). The first-order valence-corrected chi connectivity index (χ1v) is 10.9. The fourth-order valence-electron chi connectivity index (χ4n) is 4.27.